The molecule has 82 valence electrons. The van der Waals surface area contributed by atoms with Crippen molar-refractivity contribution in [3.63, 3.8) is 0 Å². The van der Waals surface area contributed by atoms with Gasteiger partial charge in [-0.1, -0.05) is 30.3 Å². The Kier molecular flexibility index (Phi) is 3.00. The lowest BCUT2D eigenvalue weighted by atomic mass is 10.2. The Labute approximate surface area is 94.3 Å². The predicted molar refractivity (Wildman–Crippen MR) is 63.6 cm³/mol. The molecular weight excluding hydrogens is 202 g/mol. The summed E-state index contributed by atoms with van der Waals surface area (Å²) in [5.41, 5.74) is 0.988. The predicted octanol–water partition coefficient (Wildman–Crippen LogP) is 2.19. The molecule has 0 aliphatic rings. The summed E-state index contributed by atoms with van der Waals surface area (Å²) in [5, 5.41) is 2.98. The Morgan fingerprint density at radius 3 is 2.56 bits per heavy atom. The van der Waals surface area contributed by atoms with Crippen molar-refractivity contribution in [1.82, 2.24) is 9.97 Å². The number of hydrogen-bond acceptors (Lipinski definition) is 4. The molecule has 0 saturated carbocycles. The summed E-state index contributed by atoms with van der Waals surface area (Å²) < 4.78 is 5.14. The fourth-order valence-electron chi connectivity index (χ4n) is 1.43. The topological polar surface area (TPSA) is 47.0 Å². The normalized spacial score (nSPS) is 9.88. The number of aromatic nitrogens is 2. The lowest BCUT2D eigenvalue weighted by Crippen LogP contribution is -2.00. The number of nitrogens with one attached hydrogen (secondary N) is 1. The van der Waals surface area contributed by atoms with Crippen LogP contribution in [-0.2, 0) is 0 Å². The number of anilines is 1. The van der Waals surface area contributed by atoms with Gasteiger partial charge >= 0.3 is 0 Å². The molecule has 1 aromatic carbocycles. The number of methoxy groups -OCH3 is 1. The standard InChI is InChI=1S/C12H13N3O/c1-13-12-10(16-2)8-14-11(15-12)9-6-4-3-5-7-9/h3-8H,1-2H3,(H,13,14,15). The lowest BCUT2D eigenvalue weighted by molar-refractivity contribution is 0.413. The van der Waals surface area contributed by atoms with Crippen LogP contribution < -0.4 is 10.1 Å². The van der Waals surface area contributed by atoms with Crippen LogP contribution in [0.4, 0.5) is 5.82 Å². The van der Waals surface area contributed by atoms with Gasteiger partial charge in [0.2, 0.25) is 0 Å². The van der Waals surface area contributed by atoms with E-state index in [0.717, 1.165) is 5.56 Å². The highest BCUT2D eigenvalue weighted by molar-refractivity contribution is 5.59. The first kappa shape index (κ1) is 10.4. The SMILES string of the molecule is CNc1nc(-c2ccccc2)ncc1OC. The molecule has 1 N–H and O–H groups in total. The Balaban J connectivity index is 2.44. The molecule has 0 fully saturated rings. The summed E-state index contributed by atoms with van der Waals surface area (Å²) in [5.74, 6) is 2.02. The van der Waals surface area contributed by atoms with Crippen molar-refractivity contribution in [1.29, 1.82) is 0 Å². The maximum atomic E-state index is 5.14. The lowest BCUT2D eigenvalue weighted by Gasteiger charge is -2.07. The van der Waals surface area contributed by atoms with Crippen LogP contribution in [0.2, 0.25) is 0 Å². The van der Waals surface area contributed by atoms with Crippen LogP contribution in [0.3, 0.4) is 0 Å². The van der Waals surface area contributed by atoms with Crippen LogP contribution in [0.15, 0.2) is 36.5 Å². The maximum Gasteiger partial charge on any atom is 0.179 e. The third-order valence-electron chi connectivity index (χ3n) is 2.24. The number of ether oxygens (including phenoxy) is 1. The summed E-state index contributed by atoms with van der Waals surface area (Å²) >= 11 is 0. The van der Waals surface area contributed by atoms with Gasteiger partial charge in [-0.2, -0.15) is 0 Å². The first-order valence-corrected chi connectivity index (χ1v) is 4.99. The molecule has 0 aliphatic carbocycles. The van der Waals surface area contributed by atoms with Gasteiger partial charge in [-0.15, -0.1) is 0 Å². The van der Waals surface area contributed by atoms with Crippen molar-refractivity contribution < 1.29 is 4.74 Å². The Hall–Kier alpha value is -2.10. The number of nitrogens with zero attached hydrogens (tertiary/aromatic N) is 2. The van der Waals surface area contributed by atoms with E-state index in [9.17, 15) is 0 Å². The van der Waals surface area contributed by atoms with Gasteiger partial charge in [0.05, 0.1) is 13.3 Å². The Bertz CT molecular complexity index is 471. The summed E-state index contributed by atoms with van der Waals surface area (Å²) in [4.78, 5) is 8.64. The number of benzene rings is 1. The third kappa shape index (κ3) is 1.95. The number of hydrogen-bond donors (Lipinski definition) is 1. The van der Waals surface area contributed by atoms with E-state index in [0.29, 0.717) is 17.4 Å². The summed E-state index contributed by atoms with van der Waals surface area (Å²) in [6.45, 7) is 0. The molecule has 1 heterocycles. The highest BCUT2D eigenvalue weighted by Crippen LogP contribution is 2.23. The van der Waals surface area contributed by atoms with Gasteiger partial charge in [-0.25, -0.2) is 9.97 Å². The van der Waals surface area contributed by atoms with Crippen molar-refractivity contribution >= 4 is 5.82 Å². The molecule has 0 aliphatic heterocycles. The molecule has 0 radical (unpaired) electrons. The van der Waals surface area contributed by atoms with E-state index >= 15 is 0 Å². The minimum Gasteiger partial charge on any atom is -0.491 e. The third-order valence-corrected chi connectivity index (χ3v) is 2.24. The number of rotatable bonds is 3. The largest absolute Gasteiger partial charge is 0.491 e. The van der Waals surface area contributed by atoms with Gasteiger partial charge in [0.25, 0.3) is 0 Å². The van der Waals surface area contributed by atoms with E-state index in [1.807, 2.05) is 30.3 Å². The molecule has 4 nitrogen and oxygen atoms in total. The van der Waals surface area contributed by atoms with Crippen molar-refractivity contribution in [3.05, 3.63) is 36.5 Å². The van der Waals surface area contributed by atoms with E-state index in [1.165, 1.54) is 0 Å². The van der Waals surface area contributed by atoms with Crippen molar-refractivity contribution in [2.24, 2.45) is 0 Å². The van der Waals surface area contributed by atoms with E-state index in [-0.39, 0.29) is 0 Å². The van der Waals surface area contributed by atoms with Crippen LogP contribution in [0, 0.1) is 0 Å². The smallest absolute Gasteiger partial charge is 0.179 e. The quantitative estimate of drug-likeness (QED) is 0.852. The fourth-order valence-corrected chi connectivity index (χ4v) is 1.43. The van der Waals surface area contributed by atoms with Gasteiger partial charge in [-0.05, 0) is 0 Å². The van der Waals surface area contributed by atoms with E-state index < -0.39 is 0 Å². The Morgan fingerprint density at radius 1 is 1.19 bits per heavy atom. The summed E-state index contributed by atoms with van der Waals surface area (Å²) in [7, 11) is 3.40. The van der Waals surface area contributed by atoms with E-state index in [4.69, 9.17) is 4.74 Å². The molecule has 1 aromatic heterocycles. The van der Waals surface area contributed by atoms with Crippen molar-refractivity contribution in [2.45, 2.75) is 0 Å². The molecular formula is C12H13N3O. The van der Waals surface area contributed by atoms with E-state index in [1.54, 1.807) is 20.4 Å². The zero-order valence-corrected chi connectivity index (χ0v) is 9.27. The molecule has 16 heavy (non-hydrogen) atoms. The minimum absolute atomic E-state index is 0.641. The van der Waals surface area contributed by atoms with Crippen molar-refractivity contribution in [3.8, 4) is 17.1 Å². The first-order valence-electron chi connectivity index (χ1n) is 4.99. The molecule has 0 bridgehead atoms. The second-order valence-electron chi connectivity index (χ2n) is 3.23. The van der Waals surface area contributed by atoms with Crippen LogP contribution in [-0.4, -0.2) is 24.1 Å². The summed E-state index contributed by atoms with van der Waals surface area (Å²) in [6, 6.07) is 9.83. The second-order valence-corrected chi connectivity index (χ2v) is 3.23. The van der Waals surface area contributed by atoms with Gasteiger partial charge in [0, 0.05) is 12.6 Å². The molecule has 0 atom stereocenters. The molecule has 2 aromatic rings. The highest BCUT2D eigenvalue weighted by Gasteiger charge is 2.06. The van der Waals surface area contributed by atoms with Gasteiger partial charge in [0.15, 0.2) is 17.4 Å². The van der Waals surface area contributed by atoms with Gasteiger partial charge in [-0.3, -0.25) is 0 Å². The summed E-state index contributed by atoms with van der Waals surface area (Å²) in [6.07, 6.45) is 1.67. The maximum absolute atomic E-state index is 5.14. The van der Waals surface area contributed by atoms with Crippen molar-refractivity contribution in [2.75, 3.05) is 19.5 Å². The highest BCUT2D eigenvalue weighted by atomic mass is 16.5. The fraction of sp³-hybridized carbons (Fsp3) is 0.167. The van der Waals surface area contributed by atoms with Gasteiger partial charge in [0.1, 0.15) is 0 Å². The average Bonchev–Trinajstić information content (AvgIpc) is 2.39. The molecule has 0 unspecified atom stereocenters. The first-order chi connectivity index (χ1) is 7.85. The van der Waals surface area contributed by atoms with Crippen LogP contribution in [0.25, 0.3) is 11.4 Å². The van der Waals surface area contributed by atoms with Crippen LogP contribution in [0.1, 0.15) is 0 Å². The van der Waals surface area contributed by atoms with Crippen LogP contribution >= 0.6 is 0 Å². The zero-order valence-electron chi connectivity index (χ0n) is 9.27. The average molecular weight is 215 g/mol. The van der Waals surface area contributed by atoms with Gasteiger partial charge < -0.3 is 10.1 Å². The zero-order chi connectivity index (χ0) is 11.4. The van der Waals surface area contributed by atoms with E-state index in [2.05, 4.69) is 15.3 Å². The Morgan fingerprint density at radius 2 is 1.94 bits per heavy atom. The molecule has 4 heteroatoms. The molecule has 0 spiro atoms. The molecule has 2 rings (SSSR count). The molecule has 0 amide bonds. The second kappa shape index (κ2) is 4.61. The van der Waals surface area contributed by atoms with Crippen LogP contribution in [0.5, 0.6) is 5.75 Å². The monoisotopic (exact) mass is 215 g/mol. The minimum atomic E-state index is 0.641. The molecule has 0 saturated heterocycles.